The molecule has 0 spiro atoms. The molecule has 3 amide bonds. The number of nitrogens with one attached hydrogen (secondary N) is 1. The molecule has 1 atom stereocenters. The van der Waals surface area contributed by atoms with Crippen LogP contribution in [0.1, 0.15) is 35.7 Å². The van der Waals surface area contributed by atoms with Crippen LogP contribution in [-0.4, -0.2) is 34.0 Å². The van der Waals surface area contributed by atoms with Crippen LogP contribution in [0, 0.1) is 0 Å². The highest BCUT2D eigenvalue weighted by atomic mass is 16.3. The second kappa shape index (κ2) is 5.53. The minimum atomic E-state index is -2.07. The van der Waals surface area contributed by atoms with Crippen molar-refractivity contribution in [2.24, 2.45) is 0 Å². The number of aliphatic hydroxyl groups is 1. The summed E-state index contributed by atoms with van der Waals surface area (Å²) in [5, 5.41) is 12.6. The van der Waals surface area contributed by atoms with E-state index in [9.17, 15) is 19.5 Å². The highest BCUT2D eigenvalue weighted by Gasteiger charge is 2.47. The van der Waals surface area contributed by atoms with Crippen molar-refractivity contribution in [1.82, 2.24) is 10.2 Å². The first kappa shape index (κ1) is 15.0. The molecule has 0 aliphatic carbocycles. The van der Waals surface area contributed by atoms with Crippen molar-refractivity contribution in [3.05, 3.63) is 29.3 Å². The minimum Gasteiger partial charge on any atom is -0.398 e. The van der Waals surface area contributed by atoms with E-state index in [0.29, 0.717) is 23.2 Å². The zero-order valence-corrected chi connectivity index (χ0v) is 11.6. The summed E-state index contributed by atoms with van der Waals surface area (Å²) in [7, 11) is 0. The molecule has 1 unspecified atom stereocenters. The summed E-state index contributed by atoms with van der Waals surface area (Å²) < 4.78 is 0. The predicted molar refractivity (Wildman–Crippen MR) is 74.8 cm³/mol. The van der Waals surface area contributed by atoms with Crippen molar-refractivity contribution in [2.75, 3.05) is 5.73 Å². The van der Waals surface area contributed by atoms with Gasteiger partial charge in [-0.25, -0.2) is 0 Å². The number of benzene rings is 1. The summed E-state index contributed by atoms with van der Waals surface area (Å²) in [6, 6.07) is 4.89. The van der Waals surface area contributed by atoms with Gasteiger partial charge in [-0.1, -0.05) is 19.4 Å². The van der Waals surface area contributed by atoms with Gasteiger partial charge in [0.25, 0.3) is 11.8 Å². The van der Waals surface area contributed by atoms with Crippen LogP contribution in [0.2, 0.25) is 0 Å². The first-order chi connectivity index (χ1) is 9.95. The lowest BCUT2D eigenvalue weighted by Crippen LogP contribution is -2.58. The maximum absolute atomic E-state index is 12.4. The van der Waals surface area contributed by atoms with Gasteiger partial charge in [-0.15, -0.1) is 0 Å². The number of fused-ring (bicyclic) bond motifs is 1. The van der Waals surface area contributed by atoms with Gasteiger partial charge in [0.1, 0.15) is 0 Å². The Morgan fingerprint density at radius 2 is 2.29 bits per heavy atom. The molecular formula is C14H17N3O4. The second-order valence-corrected chi connectivity index (χ2v) is 4.92. The Hall–Kier alpha value is -2.41. The Balaban J connectivity index is 2.41. The standard InChI is InChI=1S/C14H17N3O4/c1-2-6-14(21,13(20)16-8-18)17-7-10-9(12(17)19)4-3-5-11(10)15/h3-5,8,21H,2,6-7,15H2,1H3,(H,16,18,20). The van der Waals surface area contributed by atoms with Crippen LogP contribution in [0.4, 0.5) is 5.69 Å². The van der Waals surface area contributed by atoms with Crippen LogP contribution in [0.3, 0.4) is 0 Å². The summed E-state index contributed by atoms with van der Waals surface area (Å²) >= 11 is 0. The predicted octanol–water partition coefficient (Wildman–Crippen LogP) is -0.0141. The molecule has 1 heterocycles. The van der Waals surface area contributed by atoms with Gasteiger partial charge >= 0.3 is 0 Å². The van der Waals surface area contributed by atoms with Crippen molar-refractivity contribution < 1.29 is 19.5 Å². The number of nitrogen functional groups attached to an aromatic ring is 1. The molecule has 1 aromatic carbocycles. The molecule has 1 aliphatic heterocycles. The molecule has 0 fully saturated rings. The highest BCUT2D eigenvalue weighted by molar-refractivity contribution is 6.04. The molecule has 0 bridgehead atoms. The Bertz CT molecular complexity index is 602. The molecule has 0 saturated carbocycles. The molecule has 1 aliphatic rings. The summed E-state index contributed by atoms with van der Waals surface area (Å²) in [5.41, 5.74) is 5.13. The number of carbonyl (C=O) groups excluding carboxylic acids is 3. The molecule has 0 aromatic heterocycles. The first-order valence-electron chi connectivity index (χ1n) is 6.62. The van der Waals surface area contributed by atoms with Gasteiger partial charge in [-0.05, 0) is 12.1 Å². The molecule has 7 heteroatoms. The zero-order valence-electron chi connectivity index (χ0n) is 11.6. The molecule has 2 rings (SSSR count). The lowest BCUT2D eigenvalue weighted by Gasteiger charge is -2.34. The number of anilines is 1. The fourth-order valence-electron chi connectivity index (χ4n) is 2.54. The van der Waals surface area contributed by atoms with Gasteiger partial charge in [0.05, 0.1) is 6.54 Å². The summed E-state index contributed by atoms with van der Waals surface area (Å²) in [6.45, 7) is 1.80. The number of nitrogens with two attached hydrogens (primary N) is 1. The van der Waals surface area contributed by atoms with Gasteiger partial charge in [0.2, 0.25) is 12.1 Å². The smallest absolute Gasteiger partial charge is 0.279 e. The van der Waals surface area contributed by atoms with E-state index in [1.165, 1.54) is 0 Å². The van der Waals surface area contributed by atoms with Crippen LogP contribution < -0.4 is 11.1 Å². The molecule has 0 radical (unpaired) electrons. The van der Waals surface area contributed by atoms with E-state index >= 15 is 0 Å². The minimum absolute atomic E-state index is 0.0201. The molecule has 7 nitrogen and oxygen atoms in total. The first-order valence-corrected chi connectivity index (χ1v) is 6.62. The van der Waals surface area contributed by atoms with Crippen molar-refractivity contribution in [1.29, 1.82) is 0 Å². The van der Waals surface area contributed by atoms with Crippen LogP contribution in [0.25, 0.3) is 0 Å². The quantitative estimate of drug-likeness (QED) is 0.521. The number of hydrogen-bond donors (Lipinski definition) is 3. The van der Waals surface area contributed by atoms with Gasteiger partial charge < -0.3 is 10.8 Å². The molecule has 21 heavy (non-hydrogen) atoms. The maximum Gasteiger partial charge on any atom is 0.279 e. The lowest BCUT2D eigenvalue weighted by atomic mass is 10.0. The molecule has 4 N–H and O–H groups in total. The normalized spacial score (nSPS) is 16.3. The van der Waals surface area contributed by atoms with E-state index in [2.05, 4.69) is 0 Å². The van der Waals surface area contributed by atoms with E-state index in [-0.39, 0.29) is 19.4 Å². The Morgan fingerprint density at radius 3 is 2.86 bits per heavy atom. The average molecular weight is 291 g/mol. The summed E-state index contributed by atoms with van der Waals surface area (Å²) in [4.78, 5) is 35.9. The van der Waals surface area contributed by atoms with Crippen LogP contribution in [0.5, 0.6) is 0 Å². The average Bonchev–Trinajstić information content (AvgIpc) is 2.79. The third-order valence-electron chi connectivity index (χ3n) is 3.60. The molecule has 112 valence electrons. The van der Waals surface area contributed by atoms with Crippen LogP contribution >= 0.6 is 0 Å². The summed E-state index contributed by atoms with van der Waals surface area (Å²) in [6.07, 6.45) is 0.662. The maximum atomic E-state index is 12.4. The van der Waals surface area contributed by atoms with Gasteiger partial charge in [0.15, 0.2) is 0 Å². The fraction of sp³-hybridized carbons (Fsp3) is 0.357. The van der Waals surface area contributed by atoms with Crippen LogP contribution in [-0.2, 0) is 16.1 Å². The van der Waals surface area contributed by atoms with Gasteiger partial charge in [-0.3, -0.25) is 24.6 Å². The zero-order chi connectivity index (χ0) is 15.6. The number of amides is 3. The third kappa shape index (κ3) is 2.36. The monoisotopic (exact) mass is 291 g/mol. The van der Waals surface area contributed by atoms with E-state index in [1.807, 2.05) is 5.32 Å². The lowest BCUT2D eigenvalue weighted by molar-refractivity contribution is -0.160. The SMILES string of the molecule is CCCC(O)(C(=O)NC=O)N1Cc2c(N)cccc2C1=O. The Labute approximate surface area is 121 Å². The van der Waals surface area contributed by atoms with Crippen LogP contribution in [0.15, 0.2) is 18.2 Å². The van der Waals surface area contributed by atoms with Gasteiger partial charge in [0, 0.05) is 23.2 Å². The van der Waals surface area contributed by atoms with E-state index in [0.717, 1.165) is 4.90 Å². The Kier molecular flexibility index (Phi) is 3.95. The van der Waals surface area contributed by atoms with Crippen molar-refractivity contribution >= 4 is 23.9 Å². The molecule has 0 saturated heterocycles. The van der Waals surface area contributed by atoms with Crippen molar-refractivity contribution in [2.45, 2.75) is 32.0 Å². The van der Waals surface area contributed by atoms with Crippen molar-refractivity contribution in [3.63, 3.8) is 0 Å². The van der Waals surface area contributed by atoms with E-state index < -0.39 is 17.5 Å². The molecular weight excluding hydrogens is 274 g/mol. The molecule has 1 aromatic rings. The number of rotatable bonds is 5. The van der Waals surface area contributed by atoms with E-state index in [4.69, 9.17) is 5.73 Å². The fourth-order valence-corrected chi connectivity index (χ4v) is 2.54. The number of hydrogen-bond acceptors (Lipinski definition) is 5. The van der Waals surface area contributed by atoms with Gasteiger partial charge in [-0.2, -0.15) is 0 Å². The third-order valence-corrected chi connectivity index (χ3v) is 3.60. The highest BCUT2D eigenvalue weighted by Crippen LogP contribution is 2.33. The topological polar surface area (TPSA) is 113 Å². The van der Waals surface area contributed by atoms with E-state index in [1.54, 1.807) is 25.1 Å². The summed E-state index contributed by atoms with van der Waals surface area (Å²) in [5.74, 6) is -1.40. The Morgan fingerprint density at radius 1 is 1.57 bits per heavy atom. The second-order valence-electron chi connectivity index (χ2n) is 4.92. The van der Waals surface area contributed by atoms with Crippen molar-refractivity contribution in [3.8, 4) is 0 Å². The number of carbonyl (C=O) groups is 3. The number of nitrogens with zero attached hydrogens (tertiary/aromatic N) is 1. The number of imide groups is 1. The largest absolute Gasteiger partial charge is 0.398 e.